The molecule has 0 spiro atoms. The van der Waals surface area contributed by atoms with Crippen LogP contribution < -0.4 is 27.4 Å². The van der Waals surface area contributed by atoms with Gasteiger partial charge in [0.15, 0.2) is 0 Å². The minimum Gasteiger partial charge on any atom is -0.481 e. The molecule has 2 aromatic rings. The number of piperidine rings is 1. The number of nitrogens with zero attached hydrogens (tertiary/aromatic N) is 1. The van der Waals surface area contributed by atoms with Gasteiger partial charge in [0.1, 0.15) is 30.0 Å². The first-order chi connectivity index (χ1) is 21.9. The van der Waals surface area contributed by atoms with Crippen LogP contribution >= 0.6 is 11.6 Å². The van der Waals surface area contributed by atoms with E-state index in [0.717, 1.165) is 10.8 Å². The number of likely N-dealkylation sites (tertiary alicyclic amines) is 1. The molecule has 6 amide bonds. The number of carboxylic acid groups (broad SMARTS) is 1. The van der Waals surface area contributed by atoms with E-state index >= 15 is 0 Å². The molecule has 3 rings (SSSR count). The molecule has 4 atom stereocenters. The van der Waals surface area contributed by atoms with Gasteiger partial charge in [-0.3, -0.25) is 33.6 Å². The SMILES string of the molecule is NC(=O)CC[C@H](NC(=O)[C@H](Cc1ccc2ccccc2c1)NC(=O)[C@@H]1CCCCN1C(=O)C(CCC(=O)O)NC(=O)CCl)C(N)=O. The molecule has 1 heterocycles. The molecule has 1 unspecified atom stereocenters. The third-order valence-electron chi connectivity index (χ3n) is 7.72. The van der Waals surface area contributed by atoms with Crippen molar-refractivity contribution in [3.8, 4) is 0 Å². The van der Waals surface area contributed by atoms with Crippen LogP contribution in [0.4, 0.5) is 0 Å². The highest BCUT2D eigenvalue weighted by atomic mass is 35.5. The third kappa shape index (κ3) is 10.4. The maximum Gasteiger partial charge on any atom is 0.303 e. The van der Waals surface area contributed by atoms with E-state index in [2.05, 4.69) is 16.0 Å². The van der Waals surface area contributed by atoms with Gasteiger partial charge in [-0.2, -0.15) is 0 Å². The Bertz CT molecular complexity index is 1470. The average molecular weight is 659 g/mol. The number of hydrogen-bond donors (Lipinski definition) is 6. The van der Waals surface area contributed by atoms with Crippen molar-refractivity contribution in [1.82, 2.24) is 20.9 Å². The number of alkyl halides is 1. The van der Waals surface area contributed by atoms with Crippen LogP contribution in [0.15, 0.2) is 42.5 Å². The Morgan fingerprint density at radius 2 is 1.57 bits per heavy atom. The van der Waals surface area contributed by atoms with E-state index in [1.165, 1.54) is 4.90 Å². The maximum absolute atomic E-state index is 13.8. The number of aliphatic carboxylic acids is 1. The molecule has 1 saturated heterocycles. The van der Waals surface area contributed by atoms with Crippen molar-refractivity contribution >= 4 is 63.8 Å². The van der Waals surface area contributed by atoms with Crippen LogP contribution in [-0.4, -0.2) is 88.0 Å². The van der Waals surface area contributed by atoms with Crippen molar-refractivity contribution in [2.24, 2.45) is 11.5 Å². The monoisotopic (exact) mass is 658 g/mol. The summed E-state index contributed by atoms with van der Waals surface area (Å²) in [5.74, 6) is -5.89. The summed E-state index contributed by atoms with van der Waals surface area (Å²) < 4.78 is 0. The summed E-state index contributed by atoms with van der Waals surface area (Å²) in [7, 11) is 0. The maximum atomic E-state index is 13.8. The normalized spacial score (nSPS) is 16.5. The Balaban J connectivity index is 1.88. The van der Waals surface area contributed by atoms with Crippen LogP contribution in [0, 0.1) is 0 Å². The van der Waals surface area contributed by atoms with E-state index in [9.17, 15) is 33.6 Å². The van der Waals surface area contributed by atoms with Crippen molar-refractivity contribution in [3.63, 3.8) is 0 Å². The molecule has 15 heteroatoms. The number of nitrogens with one attached hydrogen (secondary N) is 3. The first kappa shape index (κ1) is 35.8. The Labute approximate surface area is 270 Å². The van der Waals surface area contributed by atoms with Crippen molar-refractivity contribution < 1.29 is 38.7 Å². The van der Waals surface area contributed by atoms with Crippen molar-refractivity contribution in [2.75, 3.05) is 12.4 Å². The number of carbonyl (C=O) groups is 7. The summed E-state index contributed by atoms with van der Waals surface area (Å²) in [5, 5.41) is 18.7. The van der Waals surface area contributed by atoms with Crippen molar-refractivity contribution in [1.29, 1.82) is 0 Å². The lowest BCUT2D eigenvalue weighted by atomic mass is 9.97. The summed E-state index contributed by atoms with van der Waals surface area (Å²) >= 11 is 5.60. The van der Waals surface area contributed by atoms with Crippen LogP contribution in [0.5, 0.6) is 0 Å². The number of hydrogen-bond acceptors (Lipinski definition) is 7. The molecule has 1 aliphatic heterocycles. The highest BCUT2D eigenvalue weighted by molar-refractivity contribution is 6.27. The fraction of sp³-hybridized carbons (Fsp3) is 0.452. The second-order valence-corrected chi connectivity index (χ2v) is 11.4. The molecule has 2 aromatic carbocycles. The van der Waals surface area contributed by atoms with Gasteiger partial charge in [-0.25, -0.2) is 0 Å². The topological polar surface area (TPSA) is 231 Å². The van der Waals surface area contributed by atoms with Gasteiger partial charge in [0, 0.05) is 25.8 Å². The molecule has 0 saturated carbocycles. The molecule has 1 aliphatic rings. The van der Waals surface area contributed by atoms with Gasteiger partial charge in [-0.1, -0.05) is 42.5 Å². The molecule has 0 aliphatic carbocycles. The van der Waals surface area contributed by atoms with Gasteiger partial charge in [0.2, 0.25) is 35.4 Å². The summed E-state index contributed by atoms with van der Waals surface area (Å²) in [6, 6.07) is 8.40. The number of amides is 6. The van der Waals surface area contributed by atoms with E-state index in [1.807, 2.05) is 36.4 Å². The van der Waals surface area contributed by atoms with Crippen LogP contribution in [0.3, 0.4) is 0 Å². The van der Waals surface area contributed by atoms with E-state index in [-0.39, 0.29) is 38.6 Å². The van der Waals surface area contributed by atoms with Gasteiger partial charge in [0.05, 0.1) is 0 Å². The lowest BCUT2D eigenvalue weighted by molar-refractivity contribution is -0.146. The highest BCUT2D eigenvalue weighted by Gasteiger charge is 2.38. The molecule has 0 bridgehead atoms. The van der Waals surface area contributed by atoms with E-state index in [1.54, 1.807) is 6.07 Å². The molecule has 46 heavy (non-hydrogen) atoms. The number of primary amides is 2. The number of carboxylic acids is 1. The Kier molecular flexibility index (Phi) is 13.3. The molecule has 0 radical (unpaired) electrons. The minimum atomic E-state index is -1.23. The number of fused-ring (bicyclic) bond motifs is 1. The van der Waals surface area contributed by atoms with Gasteiger partial charge in [-0.05, 0) is 48.4 Å². The summed E-state index contributed by atoms with van der Waals surface area (Å²) in [4.78, 5) is 88.8. The number of halogens is 1. The molecule has 248 valence electrons. The first-order valence-electron chi connectivity index (χ1n) is 14.9. The number of carbonyl (C=O) groups excluding carboxylic acids is 6. The largest absolute Gasteiger partial charge is 0.481 e. The van der Waals surface area contributed by atoms with Crippen LogP contribution in [0.25, 0.3) is 10.8 Å². The quantitative estimate of drug-likeness (QED) is 0.135. The number of rotatable bonds is 16. The number of benzene rings is 2. The second-order valence-electron chi connectivity index (χ2n) is 11.1. The van der Waals surface area contributed by atoms with E-state index in [4.69, 9.17) is 28.2 Å². The zero-order chi connectivity index (χ0) is 33.8. The zero-order valence-electron chi connectivity index (χ0n) is 25.2. The number of nitrogens with two attached hydrogens (primary N) is 2. The van der Waals surface area contributed by atoms with Crippen molar-refractivity contribution in [3.05, 3.63) is 48.0 Å². The first-order valence-corrected chi connectivity index (χ1v) is 15.5. The average Bonchev–Trinajstić information content (AvgIpc) is 3.03. The second kappa shape index (κ2) is 17.1. The fourth-order valence-corrected chi connectivity index (χ4v) is 5.43. The van der Waals surface area contributed by atoms with Crippen LogP contribution in [0.2, 0.25) is 0 Å². The summed E-state index contributed by atoms with van der Waals surface area (Å²) in [5.41, 5.74) is 11.4. The van der Waals surface area contributed by atoms with Crippen LogP contribution in [0.1, 0.15) is 50.5 Å². The molecule has 0 aromatic heterocycles. The predicted molar refractivity (Wildman–Crippen MR) is 168 cm³/mol. The molecular weight excluding hydrogens is 620 g/mol. The molecule has 8 N–H and O–H groups in total. The van der Waals surface area contributed by atoms with Crippen molar-refractivity contribution in [2.45, 2.75) is 75.5 Å². The molecule has 1 fully saturated rings. The Morgan fingerprint density at radius 1 is 0.870 bits per heavy atom. The summed E-state index contributed by atoms with van der Waals surface area (Å²) in [6.45, 7) is 0.162. The van der Waals surface area contributed by atoms with Gasteiger partial charge < -0.3 is 37.4 Å². The highest BCUT2D eigenvalue weighted by Crippen LogP contribution is 2.21. The van der Waals surface area contributed by atoms with Gasteiger partial charge in [-0.15, -0.1) is 11.6 Å². The standard InChI is InChI=1S/C31H39ClN6O8/c32-17-26(40)35-22(11-13-27(41)42)31(46)38-14-4-3-7-24(38)30(45)37-23(29(44)36-21(28(34)43)10-12-25(33)39)16-18-8-9-19-5-1-2-6-20(19)15-18/h1-2,5-6,8-9,15,21-24H,3-4,7,10-14,16-17H2,(H2,33,39)(H2,34,43)(H,35,40)(H,36,44)(H,37,45)(H,41,42)/t21-,22?,23-,24-/m0/s1. The van der Waals surface area contributed by atoms with E-state index < -0.39 is 77.9 Å². The minimum absolute atomic E-state index is 0.0113. The molecule has 14 nitrogen and oxygen atoms in total. The zero-order valence-corrected chi connectivity index (χ0v) is 26.0. The van der Waals surface area contributed by atoms with Crippen LogP contribution in [-0.2, 0) is 40.0 Å². The lowest BCUT2D eigenvalue weighted by Crippen LogP contribution is -2.60. The fourth-order valence-electron chi connectivity index (χ4n) is 5.35. The third-order valence-corrected chi connectivity index (χ3v) is 7.96. The molecular formula is C31H39ClN6O8. The Morgan fingerprint density at radius 3 is 2.22 bits per heavy atom. The smallest absolute Gasteiger partial charge is 0.303 e. The predicted octanol–water partition coefficient (Wildman–Crippen LogP) is 0.0722. The van der Waals surface area contributed by atoms with E-state index in [0.29, 0.717) is 18.4 Å². The van der Waals surface area contributed by atoms with Gasteiger partial charge in [0.25, 0.3) is 0 Å². The lowest BCUT2D eigenvalue weighted by Gasteiger charge is -2.37. The Hall–Kier alpha value is -4.72. The summed E-state index contributed by atoms with van der Waals surface area (Å²) in [6.07, 6.45) is 0.446. The van der Waals surface area contributed by atoms with Gasteiger partial charge >= 0.3 is 5.97 Å².